The fourth-order valence-electron chi connectivity index (χ4n) is 5.54. The van der Waals surface area contributed by atoms with Crippen molar-refractivity contribution in [3.8, 4) is 0 Å². The van der Waals surface area contributed by atoms with Gasteiger partial charge >= 0.3 is 24.1 Å². The molecule has 10 heteroatoms. The van der Waals surface area contributed by atoms with E-state index in [1.54, 1.807) is 11.8 Å². The molecule has 0 unspecified atom stereocenters. The van der Waals surface area contributed by atoms with Crippen LogP contribution in [0.5, 0.6) is 0 Å². The molecule has 3 amide bonds. The lowest BCUT2D eigenvalue weighted by Gasteiger charge is -2.33. The predicted molar refractivity (Wildman–Crippen MR) is 123 cm³/mol. The van der Waals surface area contributed by atoms with Crippen molar-refractivity contribution in [2.45, 2.75) is 63.6 Å². The zero-order valence-corrected chi connectivity index (χ0v) is 19.9. The first-order valence-electron chi connectivity index (χ1n) is 12.4. The van der Waals surface area contributed by atoms with Crippen LogP contribution in [0.3, 0.4) is 0 Å². The van der Waals surface area contributed by atoms with E-state index in [-0.39, 0.29) is 43.0 Å². The molecule has 3 fully saturated rings. The van der Waals surface area contributed by atoms with Crippen LogP contribution in [0.4, 0.5) is 23.7 Å². The second-order valence-corrected chi connectivity index (χ2v) is 9.54. The minimum Gasteiger partial charge on any atom is -0.466 e. The Hall–Kier alpha value is -2.78. The first kappa shape index (κ1) is 25.3. The first-order valence-corrected chi connectivity index (χ1v) is 12.4. The molecule has 0 radical (unpaired) electrons. The van der Waals surface area contributed by atoms with Gasteiger partial charge in [-0.15, -0.1) is 0 Å². The smallest absolute Gasteiger partial charge is 0.466 e. The number of carbonyl (C=O) groups is 3. The summed E-state index contributed by atoms with van der Waals surface area (Å²) in [6.45, 7) is 3.59. The van der Waals surface area contributed by atoms with Gasteiger partial charge in [0.1, 0.15) is 0 Å². The van der Waals surface area contributed by atoms with Crippen molar-refractivity contribution >= 4 is 23.6 Å². The van der Waals surface area contributed by atoms with E-state index in [1.165, 1.54) is 0 Å². The number of esters is 1. The minimum atomic E-state index is -4.83. The van der Waals surface area contributed by atoms with Gasteiger partial charge in [0.25, 0.3) is 0 Å². The fourth-order valence-corrected chi connectivity index (χ4v) is 5.54. The monoisotopic (exact) mass is 495 g/mol. The molecule has 35 heavy (non-hydrogen) atoms. The van der Waals surface area contributed by atoms with Crippen LogP contribution >= 0.6 is 0 Å². The van der Waals surface area contributed by atoms with Crippen molar-refractivity contribution < 1.29 is 32.3 Å². The van der Waals surface area contributed by atoms with Crippen molar-refractivity contribution in [3.05, 3.63) is 29.8 Å². The van der Waals surface area contributed by atoms with Crippen LogP contribution in [-0.2, 0) is 14.3 Å². The number of likely N-dealkylation sites (tertiary alicyclic amines) is 1. The highest BCUT2D eigenvalue weighted by Gasteiger charge is 2.43. The number of halogens is 3. The number of alkyl halides is 3. The molecule has 0 atom stereocenters. The van der Waals surface area contributed by atoms with Crippen LogP contribution in [-0.4, -0.2) is 72.7 Å². The van der Waals surface area contributed by atoms with Crippen molar-refractivity contribution in [2.75, 3.05) is 37.7 Å². The second kappa shape index (κ2) is 10.5. The van der Waals surface area contributed by atoms with Gasteiger partial charge in [-0.25, -0.2) is 4.79 Å². The Morgan fingerprint density at radius 3 is 2.14 bits per heavy atom. The highest BCUT2D eigenvalue weighted by Crippen LogP contribution is 2.34. The fraction of sp³-hybridized carbons (Fsp3) is 0.640. The summed E-state index contributed by atoms with van der Waals surface area (Å²) in [7, 11) is 0. The molecule has 7 nitrogen and oxygen atoms in total. The Morgan fingerprint density at radius 2 is 1.57 bits per heavy atom. The van der Waals surface area contributed by atoms with Crippen LogP contribution in [0.25, 0.3) is 0 Å². The van der Waals surface area contributed by atoms with Gasteiger partial charge in [0.05, 0.1) is 12.5 Å². The molecule has 0 spiro atoms. The van der Waals surface area contributed by atoms with Crippen molar-refractivity contribution in [1.82, 2.24) is 9.80 Å². The Morgan fingerprint density at radius 1 is 0.943 bits per heavy atom. The number of rotatable bonds is 5. The third-order valence-corrected chi connectivity index (χ3v) is 7.50. The van der Waals surface area contributed by atoms with E-state index in [0.29, 0.717) is 32.5 Å². The molecular formula is C25H32F3N3O4. The SMILES string of the molecule is CCOC(=O)[C@H]1CC[C@H](N2CCN(c3ccc(C4CCN(C(=O)C(F)(F)F)CC4)cc3)C2=O)CC1. The van der Waals surface area contributed by atoms with Crippen LogP contribution in [0.1, 0.15) is 56.9 Å². The number of carbonyl (C=O) groups excluding carboxylic acids is 3. The lowest BCUT2D eigenvalue weighted by Crippen LogP contribution is -2.45. The van der Waals surface area contributed by atoms with Crippen LogP contribution in [0, 0.1) is 5.92 Å². The molecule has 192 valence electrons. The molecule has 4 rings (SSSR count). The third kappa shape index (κ3) is 5.56. The summed E-state index contributed by atoms with van der Waals surface area (Å²) in [5.74, 6) is -1.90. The highest BCUT2D eigenvalue weighted by atomic mass is 19.4. The van der Waals surface area contributed by atoms with Crippen molar-refractivity contribution in [1.29, 1.82) is 0 Å². The summed E-state index contributed by atoms with van der Waals surface area (Å²) in [5.41, 5.74) is 1.81. The number of hydrogen-bond acceptors (Lipinski definition) is 4. The van der Waals surface area contributed by atoms with E-state index in [2.05, 4.69) is 0 Å². The van der Waals surface area contributed by atoms with Gasteiger partial charge in [-0.2, -0.15) is 13.2 Å². The molecule has 1 saturated carbocycles. The van der Waals surface area contributed by atoms with E-state index >= 15 is 0 Å². The average molecular weight is 496 g/mol. The largest absolute Gasteiger partial charge is 0.471 e. The molecular weight excluding hydrogens is 463 g/mol. The van der Waals surface area contributed by atoms with Crippen molar-refractivity contribution in [3.63, 3.8) is 0 Å². The quantitative estimate of drug-likeness (QED) is 0.571. The number of amides is 3. The number of ether oxygens (including phenoxy) is 1. The van der Waals surface area contributed by atoms with Gasteiger partial charge in [0.15, 0.2) is 0 Å². The van der Waals surface area contributed by atoms with Crippen molar-refractivity contribution in [2.24, 2.45) is 5.92 Å². The number of benzene rings is 1. The van der Waals surface area contributed by atoms with Gasteiger partial charge in [0, 0.05) is 37.9 Å². The van der Waals surface area contributed by atoms with Crippen LogP contribution < -0.4 is 4.90 Å². The lowest BCUT2D eigenvalue weighted by molar-refractivity contribution is -0.186. The van der Waals surface area contributed by atoms with E-state index in [4.69, 9.17) is 4.74 Å². The summed E-state index contributed by atoms with van der Waals surface area (Å²) in [4.78, 5) is 41.1. The molecule has 0 N–H and O–H groups in total. The zero-order valence-electron chi connectivity index (χ0n) is 19.9. The van der Waals surface area contributed by atoms with Gasteiger partial charge in [-0.05, 0) is 69.1 Å². The molecule has 2 saturated heterocycles. The van der Waals surface area contributed by atoms with Gasteiger partial charge in [-0.1, -0.05) is 12.1 Å². The van der Waals surface area contributed by atoms with Crippen LogP contribution in [0.15, 0.2) is 24.3 Å². The van der Waals surface area contributed by atoms with Gasteiger partial charge in [0.2, 0.25) is 0 Å². The summed E-state index contributed by atoms with van der Waals surface area (Å²) in [6.07, 6.45) is -0.831. The summed E-state index contributed by atoms with van der Waals surface area (Å²) in [5, 5.41) is 0. The Labute approximate surface area is 203 Å². The maximum absolute atomic E-state index is 13.1. The van der Waals surface area contributed by atoms with E-state index in [9.17, 15) is 27.6 Å². The average Bonchev–Trinajstić information content (AvgIpc) is 3.24. The number of piperidine rings is 1. The Bertz CT molecular complexity index is 921. The standard InChI is InChI=1S/C25H32F3N3O4/c1-2-35-22(32)19-5-9-21(10-6-19)31-16-15-30(24(31)34)20-7-3-17(4-8-20)18-11-13-29(14-12-18)23(33)25(26,27)28/h3-4,7-8,18-19,21H,2,5-6,9-16H2,1H3/t19-,21-. The molecule has 1 aliphatic carbocycles. The van der Waals surface area contributed by atoms with E-state index in [1.807, 2.05) is 29.2 Å². The normalized spacial score (nSPS) is 24.1. The number of urea groups is 1. The van der Waals surface area contributed by atoms with Gasteiger partial charge in [-0.3, -0.25) is 14.5 Å². The number of anilines is 1. The topological polar surface area (TPSA) is 70.2 Å². The molecule has 3 aliphatic rings. The molecule has 0 aromatic heterocycles. The first-order chi connectivity index (χ1) is 16.7. The molecule has 1 aromatic carbocycles. The van der Waals surface area contributed by atoms with E-state index < -0.39 is 12.1 Å². The molecule has 0 bridgehead atoms. The van der Waals surface area contributed by atoms with E-state index in [0.717, 1.165) is 41.8 Å². The Kier molecular flexibility index (Phi) is 7.56. The minimum absolute atomic E-state index is 0.0312. The maximum Gasteiger partial charge on any atom is 0.471 e. The molecule has 2 heterocycles. The highest BCUT2D eigenvalue weighted by molar-refractivity contribution is 5.94. The van der Waals surface area contributed by atoms with Gasteiger partial charge < -0.3 is 14.5 Å². The predicted octanol–water partition coefficient (Wildman–Crippen LogP) is 4.32. The molecule has 2 aliphatic heterocycles. The summed E-state index contributed by atoms with van der Waals surface area (Å²) in [6, 6.07) is 7.74. The number of hydrogen-bond donors (Lipinski definition) is 0. The molecule has 1 aromatic rings. The number of nitrogens with zero attached hydrogens (tertiary/aromatic N) is 3. The third-order valence-electron chi connectivity index (χ3n) is 7.50. The second-order valence-electron chi connectivity index (χ2n) is 9.54. The van der Waals surface area contributed by atoms with Crippen LogP contribution in [0.2, 0.25) is 0 Å². The zero-order chi connectivity index (χ0) is 25.2. The summed E-state index contributed by atoms with van der Waals surface area (Å²) >= 11 is 0. The summed E-state index contributed by atoms with van der Waals surface area (Å²) < 4.78 is 43.1. The maximum atomic E-state index is 13.1. The Balaban J connectivity index is 1.30. The lowest BCUT2D eigenvalue weighted by atomic mass is 9.85.